The molecule has 0 spiro atoms. The molecule has 14 N–H and O–H groups in total. The van der Waals surface area contributed by atoms with Gasteiger partial charge in [0.2, 0.25) is 11.7 Å². The third-order valence-corrected chi connectivity index (χ3v) is 11.3. The van der Waals surface area contributed by atoms with Crippen LogP contribution in [0.5, 0.6) is 17.2 Å². The van der Waals surface area contributed by atoms with E-state index in [1.54, 1.807) is 44.1 Å². The Morgan fingerprint density at radius 3 is 2.01 bits per heavy atom. The minimum absolute atomic E-state index is 0.169. The van der Waals surface area contributed by atoms with Gasteiger partial charge in [-0.2, -0.15) is 10.1 Å². The number of fused-ring (bicyclic) bond motifs is 1. The first-order valence-electron chi connectivity index (χ1n) is 20.4. The van der Waals surface area contributed by atoms with E-state index in [4.69, 9.17) is 46.0 Å². The summed E-state index contributed by atoms with van der Waals surface area (Å²) in [5.41, 5.74) is 21.1. The molecule has 6 aromatic rings. The maximum atomic E-state index is 11.4. The predicted molar refractivity (Wildman–Crippen MR) is 241 cm³/mol. The maximum Gasteiger partial charge on any atom is 0.330 e. The SMILES string of the molecule is CN1N=C(N)c2cn([C@@H]3O[C@H](CO)[C@@H](O)[C@H]3O)c3ncnc1c23.COc1cc(NCc2ccc3nc(N)nc(N)c3c2C)cc(OC)c1OC.O=c1ccn([C@@H]2O[C@H](CO)[C@@H](O)[C@H]2O)c(=O)[nH]1. The maximum absolute atomic E-state index is 11.4. The summed E-state index contributed by atoms with van der Waals surface area (Å²) in [5, 5.41) is 68.1. The molecule has 2 saturated heterocycles. The highest BCUT2D eigenvalue weighted by Gasteiger charge is 2.45. The van der Waals surface area contributed by atoms with Gasteiger partial charge in [0, 0.05) is 60.8 Å². The second kappa shape index (κ2) is 19.7. The summed E-state index contributed by atoms with van der Waals surface area (Å²) < 4.78 is 29.4. The molecule has 8 atom stereocenters. The molecule has 4 aromatic heterocycles. The number of aliphatic hydroxyl groups excluding tert-OH is 6. The Morgan fingerprint density at radius 2 is 1.45 bits per heavy atom. The van der Waals surface area contributed by atoms with Crippen LogP contribution >= 0.6 is 0 Å². The first-order valence-corrected chi connectivity index (χ1v) is 20.4. The van der Waals surface area contributed by atoms with E-state index in [-0.39, 0.29) is 5.95 Å². The number of H-pyrrole nitrogens is 1. The van der Waals surface area contributed by atoms with Crippen LogP contribution in [-0.2, 0) is 16.0 Å². The lowest BCUT2D eigenvalue weighted by molar-refractivity contribution is -0.0550. The number of nitrogens with zero attached hydrogens (tertiary/aromatic N) is 8. The minimum atomic E-state index is -1.35. The zero-order valence-corrected chi connectivity index (χ0v) is 36.7. The van der Waals surface area contributed by atoms with Gasteiger partial charge < -0.3 is 81.4 Å². The second-order valence-electron chi connectivity index (χ2n) is 15.3. The van der Waals surface area contributed by atoms with Crippen molar-refractivity contribution in [3.05, 3.63) is 86.6 Å². The quantitative estimate of drug-likeness (QED) is 0.0708. The van der Waals surface area contributed by atoms with E-state index in [2.05, 4.69) is 30.4 Å². The number of aryl methyl sites for hydroxylation is 1. The van der Waals surface area contributed by atoms with Gasteiger partial charge >= 0.3 is 5.69 Å². The van der Waals surface area contributed by atoms with Gasteiger partial charge in [-0.1, -0.05) is 6.07 Å². The summed E-state index contributed by atoms with van der Waals surface area (Å²) in [6, 6.07) is 8.69. The highest BCUT2D eigenvalue weighted by Crippen LogP contribution is 2.41. The van der Waals surface area contributed by atoms with Crippen LogP contribution in [0.2, 0.25) is 0 Å². The number of nitrogen functional groups attached to an aromatic ring is 2. The molecule has 0 amide bonds. The summed E-state index contributed by atoms with van der Waals surface area (Å²) in [6.07, 6.45) is -4.69. The topological polar surface area (TPSA) is 385 Å². The molecule has 67 heavy (non-hydrogen) atoms. The van der Waals surface area contributed by atoms with Crippen molar-refractivity contribution in [2.24, 2.45) is 10.8 Å². The Morgan fingerprint density at radius 1 is 0.821 bits per heavy atom. The molecule has 2 aromatic carbocycles. The summed E-state index contributed by atoms with van der Waals surface area (Å²) in [5.74, 6) is 3.16. The number of amidine groups is 1. The standard InChI is InChI=1S/C19H23N5O3.C13H16N6O4.C9H12N2O6/c1-10-11(5-6-13-16(10)18(20)24-19(21)23-13)9-22-12-7-14(25-2)17(27-4)15(8-12)26-3;1-18-11-7-5(10(14)17-18)2-19(12(7)16-4-15-11)13-9(22)8(21)6(3-20)23-13;12-3-4-6(14)7(15)8(17-4)11-2-1-5(13)10-9(11)16/h5-8,22H,9H2,1-4H3,(H4,20,21,23,24);2,4,6,8-9,13,20-22H,3H2,1H3,(H2,14,17);1-2,4,6-8,12,14-15H,3H2,(H,10,13,16)/t;6-,8-,9-,13-;4-,6-,7-,8-/m.11/s1. The fraction of sp³-hybridized carbons (Fsp3) is 0.390. The third kappa shape index (κ3) is 9.18. The molecule has 358 valence electrons. The summed E-state index contributed by atoms with van der Waals surface area (Å²) in [6.45, 7) is 1.69. The number of ether oxygens (including phenoxy) is 5. The summed E-state index contributed by atoms with van der Waals surface area (Å²) in [7, 11) is 6.47. The van der Waals surface area contributed by atoms with Crippen molar-refractivity contribution in [1.82, 2.24) is 34.1 Å². The van der Waals surface area contributed by atoms with Gasteiger partial charge in [-0.05, 0) is 24.1 Å². The Hall–Kier alpha value is -7.17. The van der Waals surface area contributed by atoms with E-state index in [1.807, 2.05) is 36.2 Å². The molecular weight excluding hydrogens is 883 g/mol. The van der Waals surface area contributed by atoms with E-state index >= 15 is 0 Å². The molecule has 0 unspecified atom stereocenters. The van der Waals surface area contributed by atoms with Crippen molar-refractivity contribution >= 4 is 51.0 Å². The van der Waals surface area contributed by atoms with Crippen molar-refractivity contribution in [1.29, 1.82) is 0 Å². The van der Waals surface area contributed by atoms with Crippen molar-refractivity contribution in [3.63, 3.8) is 0 Å². The first kappa shape index (κ1) is 47.8. The number of nitrogens with two attached hydrogens (primary N) is 3. The van der Waals surface area contributed by atoms with Gasteiger partial charge in [-0.15, -0.1) is 0 Å². The van der Waals surface area contributed by atoms with Gasteiger partial charge in [0.1, 0.15) is 54.4 Å². The van der Waals surface area contributed by atoms with Crippen LogP contribution in [0, 0.1) is 6.92 Å². The third-order valence-electron chi connectivity index (χ3n) is 11.3. The first-order chi connectivity index (χ1) is 32.0. The van der Waals surface area contributed by atoms with Crippen LogP contribution in [0.4, 0.5) is 23.3 Å². The molecule has 0 saturated carbocycles. The monoisotopic (exact) mass is 933 g/mol. The van der Waals surface area contributed by atoms with Crippen LogP contribution in [0.25, 0.3) is 21.9 Å². The largest absolute Gasteiger partial charge is 0.493 e. The second-order valence-corrected chi connectivity index (χ2v) is 15.3. The average molecular weight is 934 g/mol. The molecule has 9 rings (SSSR count). The highest BCUT2D eigenvalue weighted by molar-refractivity contribution is 6.13. The van der Waals surface area contributed by atoms with Gasteiger partial charge in [0.25, 0.3) is 5.56 Å². The van der Waals surface area contributed by atoms with Gasteiger partial charge in [0.15, 0.2) is 35.6 Å². The molecule has 26 heteroatoms. The van der Waals surface area contributed by atoms with Gasteiger partial charge in [-0.25, -0.2) is 24.8 Å². The Bertz CT molecular complexity index is 2890. The minimum Gasteiger partial charge on any atom is -0.493 e. The van der Waals surface area contributed by atoms with E-state index < -0.39 is 73.5 Å². The molecule has 26 nitrogen and oxygen atoms in total. The zero-order chi connectivity index (χ0) is 48.4. The Balaban J connectivity index is 0.000000153. The fourth-order valence-corrected chi connectivity index (χ4v) is 7.87. The van der Waals surface area contributed by atoms with Crippen LogP contribution in [0.3, 0.4) is 0 Å². The zero-order valence-electron chi connectivity index (χ0n) is 36.7. The number of aliphatic hydroxyl groups is 6. The number of hydrogen-bond acceptors (Lipinski definition) is 23. The number of nitrogens with one attached hydrogen (secondary N) is 2. The van der Waals surface area contributed by atoms with E-state index in [0.29, 0.717) is 57.9 Å². The number of hydrogen-bond donors (Lipinski definition) is 11. The highest BCUT2D eigenvalue weighted by atomic mass is 16.6. The number of rotatable bonds is 10. The van der Waals surface area contributed by atoms with Crippen molar-refractivity contribution in [2.75, 3.05) is 63.4 Å². The average Bonchev–Trinajstić information content (AvgIpc) is 3.94. The van der Waals surface area contributed by atoms with Gasteiger partial charge in [0.05, 0.1) is 45.4 Å². The van der Waals surface area contributed by atoms with Crippen LogP contribution in [0.1, 0.15) is 29.1 Å². The smallest absolute Gasteiger partial charge is 0.330 e. The number of aromatic nitrogens is 7. The summed E-state index contributed by atoms with van der Waals surface area (Å²) >= 11 is 0. The summed E-state index contributed by atoms with van der Waals surface area (Å²) in [4.78, 5) is 41.1. The fourth-order valence-electron chi connectivity index (χ4n) is 7.87. The Labute approximate surface area is 379 Å². The molecule has 0 aliphatic carbocycles. The lowest BCUT2D eigenvalue weighted by atomic mass is 10.0. The van der Waals surface area contributed by atoms with Crippen LogP contribution < -0.4 is 53.0 Å². The number of methoxy groups -OCH3 is 3. The van der Waals surface area contributed by atoms with Crippen LogP contribution in [0.15, 0.2) is 63.7 Å². The number of hydrazone groups is 1. The van der Waals surface area contributed by atoms with Gasteiger partial charge in [-0.3, -0.25) is 14.3 Å². The normalized spacial score (nSPS) is 23.0. The van der Waals surface area contributed by atoms with E-state index in [1.165, 1.54) is 6.33 Å². The van der Waals surface area contributed by atoms with E-state index in [0.717, 1.165) is 44.5 Å². The number of benzene rings is 2. The van der Waals surface area contributed by atoms with Crippen molar-refractivity contribution in [3.8, 4) is 17.2 Å². The molecule has 0 bridgehead atoms. The number of aromatic amines is 1. The molecule has 3 aliphatic rings. The van der Waals surface area contributed by atoms with E-state index in [9.17, 15) is 35.1 Å². The van der Waals surface area contributed by atoms with Crippen molar-refractivity contribution in [2.45, 2.75) is 62.5 Å². The Kier molecular flexibility index (Phi) is 14.1. The molecular formula is C41H51N13O13. The lowest BCUT2D eigenvalue weighted by Gasteiger charge is -2.19. The van der Waals surface area contributed by atoms with Crippen molar-refractivity contribution < 1.29 is 54.3 Å². The number of anilines is 4. The lowest BCUT2D eigenvalue weighted by Crippen LogP contribution is -2.37. The molecule has 3 aliphatic heterocycles. The predicted octanol–water partition coefficient (Wildman–Crippen LogP) is -2.00. The molecule has 0 radical (unpaired) electrons. The molecule has 7 heterocycles. The molecule has 2 fully saturated rings. The van der Waals surface area contributed by atoms with Crippen LogP contribution in [-0.4, -0.2) is 149 Å².